The molecule has 98 valence electrons. The first kappa shape index (κ1) is 13.4. The molecule has 2 rings (SSSR count). The molecule has 1 aromatic rings. The summed E-state index contributed by atoms with van der Waals surface area (Å²) < 4.78 is 25.4. The van der Waals surface area contributed by atoms with Crippen LogP contribution in [0, 0.1) is 12.7 Å². The molecule has 1 heterocycles. The van der Waals surface area contributed by atoms with Gasteiger partial charge < -0.3 is 15.0 Å². The first-order chi connectivity index (χ1) is 8.14. The minimum atomic E-state index is -0.621. The molecule has 5 heteroatoms. The topological polar surface area (TPSA) is 44.5 Å². The zero-order chi connectivity index (χ0) is 13.7. The third-order valence-electron chi connectivity index (χ3n) is 3.81. The van der Waals surface area contributed by atoms with E-state index in [1.54, 1.807) is 6.07 Å². The van der Waals surface area contributed by atoms with Gasteiger partial charge >= 0.3 is 7.12 Å². The summed E-state index contributed by atoms with van der Waals surface area (Å²) >= 11 is 0. The van der Waals surface area contributed by atoms with Gasteiger partial charge in [-0.2, -0.15) is 0 Å². The summed E-state index contributed by atoms with van der Waals surface area (Å²) in [6, 6.07) is 3.21. The van der Waals surface area contributed by atoms with E-state index in [1.807, 2.05) is 34.6 Å². The van der Waals surface area contributed by atoms with Crippen molar-refractivity contribution in [3.8, 4) is 0 Å². The van der Waals surface area contributed by atoms with Crippen molar-refractivity contribution in [2.24, 2.45) is 0 Å². The largest absolute Gasteiger partial charge is 0.497 e. The summed E-state index contributed by atoms with van der Waals surface area (Å²) in [5, 5.41) is 0. The second-order valence-electron chi connectivity index (χ2n) is 5.84. The average Bonchev–Trinajstić information content (AvgIpc) is 2.42. The van der Waals surface area contributed by atoms with Crippen LogP contribution >= 0.6 is 0 Å². The van der Waals surface area contributed by atoms with E-state index in [9.17, 15) is 4.39 Å². The SMILES string of the molecule is Cc1cc(F)c(N)c(B2OC(C)(C)C(C)(C)O2)c1. The van der Waals surface area contributed by atoms with E-state index in [-0.39, 0.29) is 5.69 Å². The molecule has 0 aliphatic carbocycles. The van der Waals surface area contributed by atoms with Crippen LogP contribution in [0.3, 0.4) is 0 Å². The van der Waals surface area contributed by atoms with Gasteiger partial charge in [-0.1, -0.05) is 6.07 Å². The zero-order valence-corrected chi connectivity index (χ0v) is 11.5. The molecule has 0 unspecified atom stereocenters. The summed E-state index contributed by atoms with van der Waals surface area (Å²) in [6.07, 6.45) is 0. The van der Waals surface area contributed by atoms with Gasteiger partial charge in [-0.05, 0) is 46.2 Å². The third-order valence-corrected chi connectivity index (χ3v) is 3.81. The maximum absolute atomic E-state index is 13.6. The van der Waals surface area contributed by atoms with Crippen LogP contribution in [0.4, 0.5) is 10.1 Å². The summed E-state index contributed by atoms with van der Waals surface area (Å²) in [4.78, 5) is 0. The fourth-order valence-corrected chi connectivity index (χ4v) is 1.95. The van der Waals surface area contributed by atoms with Gasteiger partial charge in [-0.15, -0.1) is 0 Å². The van der Waals surface area contributed by atoms with Gasteiger partial charge in [-0.25, -0.2) is 4.39 Å². The Morgan fingerprint density at radius 2 is 1.61 bits per heavy atom. The quantitative estimate of drug-likeness (QED) is 0.613. The number of anilines is 1. The van der Waals surface area contributed by atoms with E-state index in [1.165, 1.54) is 6.07 Å². The molecular formula is C13H19BFNO2. The molecule has 0 atom stereocenters. The Bertz CT molecular complexity index is 472. The monoisotopic (exact) mass is 251 g/mol. The van der Waals surface area contributed by atoms with Crippen molar-refractivity contribution in [3.05, 3.63) is 23.5 Å². The number of halogens is 1. The summed E-state index contributed by atoms with van der Waals surface area (Å²) in [6.45, 7) is 9.63. The molecule has 0 radical (unpaired) electrons. The summed E-state index contributed by atoms with van der Waals surface area (Å²) in [5.41, 5.74) is 6.32. The molecule has 1 aliphatic rings. The molecule has 0 aromatic heterocycles. The normalized spacial score (nSPS) is 21.3. The first-order valence-electron chi connectivity index (χ1n) is 6.05. The lowest BCUT2D eigenvalue weighted by atomic mass is 9.77. The van der Waals surface area contributed by atoms with E-state index < -0.39 is 24.1 Å². The van der Waals surface area contributed by atoms with Crippen LogP contribution in [0.25, 0.3) is 0 Å². The lowest BCUT2D eigenvalue weighted by Crippen LogP contribution is -2.41. The van der Waals surface area contributed by atoms with Crippen LogP contribution in [-0.2, 0) is 9.31 Å². The van der Waals surface area contributed by atoms with Gasteiger partial charge in [0.25, 0.3) is 0 Å². The van der Waals surface area contributed by atoms with Gasteiger partial charge in [0.15, 0.2) is 0 Å². The minimum absolute atomic E-state index is 0.0964. The minimum Gasteiger partial charge on any atom is -0.399 e. The Kier molecular flexibility index (Phi) is 2.95. The van der Waals surface area contributed by atoms with E-state index >= 15 is 0 Å². The van der Waals surface area contributed by atoms with Gasteiger partial charge in [0.05, 0.1) is 16.9 Å². The van der Waals surface area contributed by atoms with Crippen molar-refractivity contribution in [2.75, 3.05) is 5.73 Å². The van der Waals surface area contributed by atoms with Crippen LogP contribution < -0.4 is 11.2 Å². The predicted molar refractivity (Wildman–Crippen MR) is 71.3 cm³/mol. The highest BCUT2D eigenvalue weighted by atomic mass is 19.1. The van der Waals surface area contributed by atoms with Crippen molar-refractivity contribution >= 4 is 18.3 Å². The Hall–Kier alpha value is -1.07. The van der Waals surface area contributed by atoms with Crippen LogP contribution in [0.2, 0.25) is 0 Å². The van der Waals surface area contributed by atoms with Crippen LogP contribution in [0.5, 0.6) is 0 Å². The van der Waals surface area contributed by atoms with Gasteiger partial charge in [0.1, 0.15) is 5.82 Å². The Labute approximate surface area is 108 Å². The molecule has 0 spiro atoms. The lowest BCUT2D eigenvalue weighted by molar-refractivity contribution is 0.00578. The summed E-state index contributed by atoms with van der Waals surface area (Å²) in [7, 11) is -0.621. The maximum Gasteiger partial charge on any atom is 0.497 e. The van der Waals surface area contributed by atoms with Crippen LogP contribution in [-0.4, -0.2) is 18.3 Å². The maximum atomic E-state index is 13.6. The molecule has 1 aliphatic heterocycles. The van der Waals surface area contributed by atoms with E-state index in [0.717, 1.165) is 5.56 Å². The molecule has 1 saturated heterocycles. The van der Waals surface area contributed by atoms with Crippen molar-refractivity contribution in [3.63, 3.8) is 0 Å². The van der Waals surface area contributed by atoms with Gasteiger partial charge in [0, 0.05) is 5.46 Å². The van der Waals surface area contributed by atoms with Crippen LogP contribution in [0.15, 0.2) is 12.1 Å². The number of rotatable bonds is 1. The average molecular weight is 251 g/mol. The molecular weight excluding hydrogens is 232 g/mol. The van der Waals surface area contributed by atoms with Crippen LogP contribution in [0.1, 0.15) is 33.3 Å². The van der Waals surface area contributed by atoms with Crippen molar-refractivity contribution in [2.45, 2.75) is 45.8 Å². The van der Waals surface area contributed by atoms with Gasteiger partial charge in [0.2, 0.25) is 0 Å². The van der Waals surface area contributed by atoms with Gasteiger partial charge in [-0.3, -0.25) is 0 Å². The highest BCUT2D eigenvalue weighted by molar-refractivity contribution is 6.63. The Morgan fingerprint density at radius 3 is 2.11 bits per heavy atom. The molecule has 0 saturated carbocycles. The van der Waals surface area contributed by atoms with E-state index in [2.05, 4.69) is 0 Å². The fourth-order valence-electron chi connectivity index (χ4n) is 1.95. The highest BCUT2D eigenvalue weighted by Crippen LogP contribution is 2.37. The Morgan fingerprint density at radius 1 is 1.11 bits per heavy atom. The number of nitrogen functional groups attached to an aromatic ring is 1. The number of aryl methyl sites for hydroxylation is 1. The second kappa shape index (κ2) is 3.97. The molecule has 2 N–H and O–H groups in total. The molecule has 1 fully saturated rings. The number of benzene rings is 1. The zero-order valence-electron chi connectivity index (χ0n) is 11.5. The van der Waals surface area contributed by atoms with Crippen molar-refractivity contribution in [1.82, 2.24) is 0 Å². The predicted octanol–water partition coefficient (Wildman–Crippen LogP) is 2.02. The first-order valence-corrected chi connectivity index (χ1v) is 6.05. The molecule has 3 nitrogen and oxygen atoms in total. The molecule has 0 amide bonds. The number of hydrogen-bond acceptors (Lipinski definition) is 3. The number of hydrogen-bond donors (Lipinski definition) is 1. The Balaban J connectivity index is 2.41. The standard InChI is InChI=1S/C13H19BFNO2/c1-8-6-9(11(16)10(15)7-8)14-17-12(2,3)13(4,5)18-14/h6-7H,16H2,1-5H3. The third kappa shape index (κ3) is 2.02. The summed E-state index contributed by atoms with van der Waals surface area (Å²) in [5.74, 6) is -0.431. The molecule has 1 aromatic carbocycles. The van der Waals surface area contributed by atoms with Crippen molar-refractivity contribution < 1.29 is 13.7 Å². The van der Waals surface area contributed by atoms with E-state index in [0.29, 0.717) is 5.46 Å². The highest BCUT2D eigenvalue weighted by Gasteiger charge is 2.52. The van der Waals surface area contributed by atoms with Crippen molar-refractivity contribution in [1.29, 1.82) is 0 Å². The molecule has 0 bridgehead atoms. The lowest BCUT2D eigenvalue weighted by Gasteiger charge is -2.32. The second-order valence-corrected chi connectivity index (χ2v) is 5.84. The number of nitrogens with two attached hydrogens (primary N) is 1. The molecule has 18 heavy (non-hydrogen) atoms. The fraction of sp³-hybridized carbons (Fsp3) is 0.538. The smallest absolute Gasteiger partial charge is 0.399 e. The van der Waals surface area contributed by atoms with E-state index in [4.69, 9.17) is 15.0 Å².